The summed E-state index contributed by atoms with van der Waals surface area (Å²) in [5, 5.41) is 8.95. The minimum atomic E-state index is -1.10. The first kappa shape index (κ1) is 14.9. The standard InChI is InChI=1S/C14H16N4O3/c15-21-13(14(19)20)4-3-12(9-18-7-6-17-10-18)11-2-1-5-16-8-11/h1-3,5-8,10,13H,4,9,15H2,(H,19,20)/b12-3-. The lowest BCUT2D eigenvalue weighted by atomic mass is 10.1. The molecule has 0 spiro atoms. The summed E-state index contributed by atoms with van der Waals surface area (Å²) in [6.45, 7) is 0.558. The van der Waals surface area contributed by atoms with E-state index in [1.807, 2.05) is 22.9 Å². The Labute approximate surface area is 121 Å². The van der Waals surface area contributed by atoms with E-state index in [9.17, 15) is 4.79 Å². The largest absolute Gasteiger partial charge is 0.479 e. The van der Waals surface area contributed by atoms with Crippen LogP contribution in [0.3, 0.4) is 0 Å². The smallest absolute Gasteiger partial charge is 0.335 e. The number of nitrogens with two attached hydrogens (primary N) is 1. The van der Waals surface area contributed by atoms with Crippen molar-refractivity contribution < 1.29 is 14.7 Å². The summed E-state index contributed by atoms with van der Waals surface area (Å²) in [7, 11) is 0. The Morgan fingerprint density at radius 2 is 2.33 bits per heavy atom. The van der Waals surface area contributed by atoms with Crippen molar-refractivity contribution in [1.82, 2.24) is 14.5 Å². The molecule has 0 aromatic carbocycles. The van der Waals surface area contributed by atoms with E-state index in [1.165, 1.54) is 0 Å². The zero-order valence-corrected chi connectivity index (χ0v) is 11.3. The zero-order chi connectivity index (χ0) is 15.1. The number of allylic oxidation sites excluding steroid dienone is 1. The number of carbonyl (C=O) groups is 1. The topological polar surface area (TPSA) is 103 Å². The van der Waals surface area contributed by atoms with Gasteiger partial charge in [-0.05, 0) is 17.2 Å². The van der Waals surface area contributed by atoms with Gasteiger partial charge in [-0.1, -0.05) is 12.1 Å². The summed E-state index contributed by atoms with van der Waals surface area (Å²) >= 11 is 0. The summed E-state index contributed by atoms with van der Waals surface area (Å²) < 4.78 is 1.89. The van der Waals surface area contributed by atoms with Gasteiger partial charge in [0.1, 0.15) is 0 Å². The van der Waals surface area contributed by atoms with Gasteiger partial charge in [-0.2, -0.15) is 0 Å². The minimum absolute atomic E-state index is 0.171. The maximum Gasteiger partial charge on any atom is 0.335 e. The van der Waals surface area contributed by atoms with Crippen LogP contribution in [0.25, 0.3) is 5.57 Å². The molecule has 0 aliphatic heterocycles. The van der Waals surface area contributed by atoms with E-state index in [2.05, 4.69) is 14.8 Å². The van der Waals surface area contributed by atoms with Crippen LogP contribution >= 0.6 is 0 Å². The van der Waals surface area contributed by atoms with E-state index in [0.29, 0.717) is 6.54 Å². The lowest BCUT2D eigenvalue weighted by Gasteiger charge is -2.11. The predicted molar refractivity (Wildman–Crippen MR) is 75.8 cm³/mol. The van der Waals surface area contributed by atoms with Crippen LogP contribution in [0.15, 0.2) is 49.3 Å². The number of carboxylic acids is 1. The Kier molecular flexibility index (Phi) is 5.19. The number of pyridine rings is 1. The molecule has 2 heterocycles. The SMILES string of the molecule is NOC(C/C=C(/Cn1ccnc1)c1cccnc1)C(=O)O. The Bertz CT molecular complexity index is 596. The van der Waals surface area contributed by atoms with Gasteiger partial charge in [0.15, 0.2) is 6.10 Å². The average Bonchev–Trinajstić information content (AvgIpc) is 3.00. The lowest BCUT2D eigenvalue weighted by molar-refractivity contribution is -0.150. The van der Waals surface area contributed by atoms with Crippen LogP contribution in [-0.2, 0) is 16.2 Å². The van der Waals surface area contributed by atoms with Gasteiger partial charge in [-0.25, -0.2) is 15.7 Å². The van der Waals surface area contributed by atoms with Crippen LogP contribution in [0, 0.1) is 0 Å². The Morgan fingerprint density at radius 3 is 2.90 bits per heavy atom. The van der Waals surface area contributed by atoms with Gasteiger partial charge in [0.05, 0.1) is 6.33 Å². The first-order valence-corrected chi connectivity index (χ1v) is 6.34. The molecule has 110 valence electrons. The van der Waals surface area contributed by atoms with Crippen molar-refractivity contribution in [1.29, 1.82) is 0 Å². The number of aromatic nitrogens is 3. The number of imidazole rings is 1. The first-order chi connectivity index (χ1) is 10.2. The van der Waals surface area contributed by atoms with Crippen LogP contribution in [-0.4, -0.2) is 31.7 Å². The molecule has 0 saturated heterocycles. The van der Waals surface area contributed by atoms with Gasteiger partial charge in [0.2, 0.25) is 0 Å². The number of nitrogens with zero attached hydrogens (tertiary/aromatic N) is 3. The highest BCUT2D eigenvalue weighted by Gasteiger charge is 2.16. The summed E-state index contributed by atoms with van der Waals surface area (Å²) in [6.07, 6.45) is 9.51. The van der Waals surface area contributed by atoms with E-state index in [0.717, 1.165) is 11.1 Å². The number of hydrogen-bond acceptors (Lipinski definition) is 5. The Balaban J connectivity index is 2.21. The molecule has 2 aromatic heterocycles. The molecule has 0 aliphatic carbocycles. The average molecular weight is 288 g/mol. The maximum atomic E-state index is 10.9. The van der Waals surface area contributed by atoms with Gasteiger partial charge in [-0.15, -0.1) is 0 Å². The zero-order valence-electron chi connectivity index (χ0n) is 11.3. The maximum absolute atomic E-state index is 10.9. The quantitative estimate of drug-likeness (QED) is 0.739. The van der Waals surface area contributed by atoms with E-state index < -0.39 is 12.1 Å². The van der Waals surface area contributed by atoms with Gasteiger partial charge in [-0.3, -0.25) is 9.82 Å². The fraction of sp³-hybridized carbons (Fsp3) is 0.214. The number of rotatable bonds is 7. The van der Waals surface area contributed by atoms with E-state index in [-0.39, 0.29) is 6.42 Å². The highest BCUT2D eigenvalue weighted by atomic mass is 16.6. The normalized spacial score (nSPS) is 13.1. The van der Waals surface area contributed by atoms with E-state index in [1.54, 1.807) is 31.0 Å². The van der Waals surface area contributed by atoms with Crippen LogP contribution in [0.5, 0.6) is 0 Å². The lowest BCUT2D eigenvalue weighted by Crippen LogP contribution is -2.26. The molecule has 3 N–H and O–H groups in total. The van der Waals surface area contributed by atoms with Crippen molar-refractivity contribution in [3.8, 4) is 0 Å². The van der Waals surface area contributed by atoms with Crippen molar-refractivity contribution in [3.05, 3.63) is 54.9 Å². The molecule has 0 amide bonds. The fourth-order valence-corrected chi connectivity index (χ4v) is 1.87. The molecule has 0 fully saturated rings. The number of hydrogen-bond donors (Lipinski definition) is 2. The fourth-order valence-electron chi connectivity index (χ4n) is 1.87. The second-order valence-electron chi connectivity index (χ2n) is 4.40. The third-order valence-corrected chi connectivity index (χ3v) is 2.96. The molecule has 0 aliphatic rings. The van der Waals surface area contributed by atoms with Gasteiger partial charge >= 0.3 is 5.97 Å². The molecule has 0 saturated carbocycles. The molecule has 1 unspecified atom stereocenters. The Hall–Kier alpha value is -2.51. The van der Waals surface area contributed by atoms with Gasteiger partial charge in [0.25, 0.3) is 0 Å². The molecule has 7 heteroatoms. The monoisotopic (exact) mass is 288 g/mol. The second-order valence-corrected chi connectivity index (χ2v) is 4.40. The molecular formula is C14H16N4O3. The molecular weight excluding hydrogens is 272 g/mol. The van der Waals surface area contributed by atoms with Crippen LogP contribution in [0.1, 0.15) is 12.0 Å². The van der Waals surface area contributed by atoms with E-state index >= 15 is 0 Å². The molecule has 1 atom stereocenters. The second kappa shape index (κ2) is 7.32. The highest BCUT2D eigenvalue weighted by molar-refractivity contribution is 5.73. The molecule has 2 aromatic rings. The molecule has 2 rings (SSSR count). The molecule has 7 nitrogen and oxygen atoms in total. The third kappa shape index (κ3) is 4.23. The van der Waals surface area contributed by atoms with Crippen LogP contribution in [0.2, 0.25) is 0 Å². The summed E-state index contributed by atoms with van der Waals surface area (Å²) in [5.41, 5.74) is 1.83. The van der Waals surface area contributed by atoms with Gasteiger partial charge in [0, 0.05) is 37.8 Å². The molecule has 21 heavy (non-hydrogen) atoms. The van der Waals surface area contributed by atoms with Crippen LogP contribution in [0.4, 0.5) is 0 Å². The van der Waals surface area contributed by atoms with Crippen LogP contribution < -0.4 is 5.90 Å². The molecule has 0 bridgehead atoms. The highest BCUT2D eigenvalue weighted by Crippen LogP contribution is 2.17. The summed E-state index contributed by atoms with van der Waals surface area (Å²) in [5.74, 6) is 3.90. The summed E-state index contributed by atoms with van der Waals surface area (Å²) in [6, 6.07) is 3.74. The van der Waals surface area contributed by atoms with E-state index in [4.69, 9.17) is 11.0 Å². The van der Waals surface area contributed by atoms with Crippen molar-refractivity contribution in [2.45, 2.75) is 19.1 Å². The number of aliphatic carboxylic acids is 1. The molecule has 0 radical (unpaired) electrons. The van der Waals surface area contributed by atoms with Crippen molar-refractivity contribution >= 4 is 11.5 Å². The van der Waals surface area contributed by atoms with Crippen molar-refractivity contribution in [2.24, 2.45) is 5.90 Å². The third-order valence-electron chi connectivity index (χ3n) is 2.96. The minimum Gasteiger partial charge on any atom is -0.479 e. The number of carboxylic acid groups (broad SMARTS) is 1. The van der Waals surface area contributed by atoms with Crippen molar-refractivity contribution in [2.75, 3.05) is 0 Å². The van der Waals surface area contributed by atoms with Gasteiger partial charge < -0.3 is 9.67 Å². The first-order valence-electron chi connectivity index (χ1n) is 6.34. The summed E-state index contributed by atoms with van der Waals surface area (Å²) in [4.78, 5) is 23.5. The predicted octanol–water partition coefficient (Wildman–Crippen LogP) is 1.10. The Morgan fingerprint density at radius 1 is 1.48 bits per heavy atom. The van der Waals surface area contributed by atoms with Crippen molar-refractivity contribution in [3.63, 3.8) is 0 Å².